The number of imide groups is 1. The first-order chi connectivity index (χ1) is 13.2. The molecule has 0 aliphatic carbocycles. The fourth-order valence-corrected chi connectivity index (χ4v) is 2.91. The third-order valence-corrected chi connectivity index (χ3v) is 4.42. The lowest BCUT2D eigenvalue weighted by Crippen LogP contribution is -2.40. The summed E-state index contributed by atoms with van der Waals surface area (Å²) < 4.78 is 28.8. The maximum Gasteiger partial charge on any atom is 0.387 e. The van der Waals surface area contributed by atoms with Gasteiger partial charge in [0.1, 0.15) is 11.3 Å². The van der Waals surface area contributed by atoms with Crippen molar-refractivity contribution >= 4 is 17.6 Å². The van der Waals surface area contributed by atoms with Crippen LogP contribution in [0.1, 0.15) is 18.1 Å². The van der Waals surface area contributed by atoms with Crippen LogP contribution in [0.5, 0.6) is 5.75 Å². The molecule has 28 heavy (non-hydrogen) atoms. The third kappa shape index (κ3) is 3.61. The minimum absolute atomic E-state index is 0.0647. The van der Waals surface area contributed by atoms with E-state index in [4.69, 9.17) is 0 Å². The van der Waals surface area contributed by atoms with Gasteiger partial charge in [-0.25, -0.2) is 4.79 Å². The van der Waals surface area contributed by atoms with Crippen LogP contribution in [0.3, 0.4) is 0 Å². The van der Waals surface area contributed by atoms with Crippen molar-refractivity contribution in [3.8, 4) is 5.75 Å². The Kier molecular flexibility index (Phi) is 4.95. The number of ether oxygens (including phenoxy) is 1. The first-order valence-corrected chi connectivity index (χ1v) is 8.13. The van der Waals surface area contributed by atoms with Gasteiger partial charge in [-0.2, -0.15) is 8.78 Å². The summed E-state index contributed by atoms with van der Waals surface area (Å²) in [6.07, 6.45) is 0. The largest absolute Gasteiger partial charge is 0.435 e. The van der Waals surface area contributed by atoms with Gasteiger partial charge in [0.25, 0.3) is 11.6 Å². The van der Waals surface area contributed by atoms with Crippen LogP contribution in [0, 0.1) is 10.1 Å². The SMILES string of the molecule is CC1(c2ccc(OC(F)F)cc2)NC(=O)N(Cc2ccc([N+](=O)[O-])cc2)C1=O. The Hall–Kier alpha value is -3.56. The number of carbonyl (C=O) groups is 2. The molecule has 3 amide bonds. The topological polar surface area (TPSA) is 102 Å². The van der Waals surface area contributed by atoms with Crippen molar-refractivity contribution in [3.63, 3.8) is 0 Å². The predicted octanol–water partition coefficient (Wildman–Crippen LogP) is 3.16. The number of hydrogen-bond acceptors (Lipinski definition) is 5. The highest BCUT2D eigenvalue weighted by Crippen LogP contribution is 2.31. The summed E-state index contributed by atoms with van der Waals surface area (Å²) in [5, 5.41) is 13.3. The van der Waals surface area contributed by atoms with E-state index in [2.05, 4.69) is 10.1 Å². The van der Waals surface area contributed by atoms with Crippen molar-refractivity contribution < 1.29 is 28.0 Å². The zero-order valence-electron chi connectivity index (χ0n) is 14.6. The second-order valence-electron chi connectivity index (χ2n) is 6.27. The molecule has 146 valence electrons. The Balaban J connectivity index is 1.79. The Morgan fingerprint density at radius 2 is 1.75 bits per heavy atom. The Bertz CT molecular complexity index is 918. The number of carbonyl (C=O) groups excluding carboxylic acids is 2. The summed E-state index contributed by atoms with van der Waals surface area (Å²) >= 11 is 0. The minimum atomic E-state index is -2.97. The van der Waals surface area contributed by atoms with Gasteiger partial charge in [-0.05, 0) is 30.2 Å². The number of rotatable bonds is 6. The third-order valence-electron chi connectivity index (χ3n) is 4.42. The maximum atomic E-state index is 12.9. The summed E-state index contributed by atoms with van der Waals surface area (Å²) in [7, 11) is 0. The minimum Gasteiger partial charge on any atom is -0.435 e. The Morgan fingerprint density at radius 3 is 2.29 bits per heavy atom. The van der Waals surface area contributed by atoms with Crippen molar-refractivity contribution in [2.45, 2.75) is 25.6 Å². The standard InChI is InChI=1S/C18H15F2N3O5/c1-18(12-4-8-14(9-5-12)28-16(19)20)15(24)22(17(25)21-18)10-11-2-6-13(7-3-11)23(26)27/h2-9,16H,10H2,1H3,(H,21,25). The number of nitro benzene ring substituents is 1. The van der Waals surface area contributed by atoms with Gasteiger partial charge >= 0.3 is 12.6 Å². The van der Waals surface area contributed by atoms with Crippen LogP contribution in [0.4, 0.5) is 19.3 Å². The highest BCUT2D eigenvalue weighted by molar-refractivity contribution is 6.07. The molecule has 0 radical (unpaired) electrons. The Morgan fingerprint density at radius 1 is 1.14 bits per heavy atom. The number of alkyl halides is 2. The number of amides is 3. The van der Waals surface area contributed by atoms with E-state index in [1.807, 2.05) is 0 Å². The number of nitro groups is 1. The normalized spacial score (nSPS) is 19.1. The molecular weight excluding hydrogens is 376 g/mol. The zero-order chi connectivity index (χ0) is 20.5. The summed E-state index contributed by atoms with van der Waals surface area (Å²) in [5.41, 5.74) is -0.532. The van der Waals surface area contributed by atoms with Gasteiger partial charge in [0.15, 0.2) is 0 Å². The van der Waals surface area contributed by atoms with Gasteiger partial charge in [-0.15, -0.1) is 0 Å². The number of benzene rings is 2. The van der Waals surface area contributed by atoms with Crippen molar-refractivity contribution in [2.24, 2.45) is 0 Å². The lowest BCUT2D eigenvalue weighted by Gasteiger charge is -2.22. The molecule has 1 heterocycles. The molecular formula is C18H15F2N3O5. The maximum absolute atomic E-state index is 12.9. The van der Waals surface area contributed by atoms with Crippen LogP contribution in [0.25, 0.3) is 0 Å². The molecule has 1 atom stereocenters. The van der Waals surface area contributed by atoms with Crippen LogP contribution in [0.15, 0.2) is 48.5 Å². The molecule has 1 saturated heterocycles. The van der Waals surface area contributed by atoms with E-state index in [1.165, 1.54) is 55.5 Å². The number of halogens is 2. The summed E-state index contributed by atoms with van der Waals surface area (Å²) in [4.78, 5) is 36.3. The van der Waals surface area contributed by atoms with Crippen LogP contribution >= 0.6 is 0 Å². The first kappa shape index (κ1) is 19.2. The first-order valence-electron chi connectivity index (χ1n) is 8.13. The van der Waals surface area contributed by atoms with Crippen LogP contribution < -0.4 is 10.1 Å². The van der Waals surface area contributed by atoms with E-state index in [-0.39, 0.29) is 18.0 Å². The molecule has 0 aromatic heterocycles. The van der Waals surface area contributed by atoms with Gasteiger partial charge in [-0.3, -0.25) is 19.8 Å². The van der Waals surface area contributed by atoms with E-state index in [0.717, 1.165) is 4.90 Å². The molecule has 1 N–H and O–H groups in total. The van der Waals surface area contributed by atoms with Crippen molar-refractivity contribution in [1.29, 1.82) is 0 Å². The van der Waals surface area contributed by atoms with Gasteiger partial charge in [0.05, 0.1) is 11.5 Å². The molecule has 2 aromatic rings. The Labute approximate surface area is 157 Å². The molecule has 3 rings (SSSR count). The van der Waals surface area contributed by atoms with E-state index in [1.54, 1.807) is 0 Å². The average Bonchev–Trinajstić information content (AvgIpc) is 2.86. The lowest BCUT2D eigenvalue weighted by molar-refractivity contribution is -0.384. The van der Waals surface area contributed by atoms with Crippen molar-refractivity contribution in [1.82, 2.24) is 10.2 Å². The molecule has 0 saturated carbocycles. The molecule has 1 aliphatic heterocycles. The van der Waals surface area contributed by atoms with E-state index >= 15 is 0 Å². The summed E-state index contributed by atoms with van der Waals surface area (Å²) in [6, 6.07) is 10.3. The van der Waals surface area contributed by atoms with E-state index in [9.17, 15) is 28.5 Å². The molecule has 2 aromatic carbocycles. The van der Waals surface area contributed by atoms with Crippen LogP contribution in [0.2, 0.25) is 0 Å². The molecule has 10 heteroatoms. The number of urea groups is 1. The fourth-order valence-electron chi connectivity index (χ4n) is 2.91. The average molecular weight is 391 g/mol. The molecule has 1 unspecified atom stereocenters. The van der Waals surface area contributed by atoms with Gasteiger partial charge < -0.3 is 10.1 Å². The van der Waals surface area contributed by atoms with Crippen LogP contribution in [-0.2, 0) is 16.9 Å². The van der Waals surface area contributed by atoms with E-state index < -0.39 is 29.0 Å². The number of nitrogens with one attached hydrogen (secondary N) is 1. The number of hydrogen-bond donors (Lipinski definition) is 1. The van der Waals surface area contributed by atoms with Gasteiger partial charge in [0, 0.05) is 12.1 Å². The van der Waals surface area contributed by atoms with Gasteiger partial charge in [-0.1, -0.05) is 24.3 Å². The second kappa shape index (κ2) is 7.22. The molecule has 8 nitrogen and oxygen atoms in total. The molecule has 1 aliphatic rings. The number of non-ortho nitro benzene ring substituents is 1. The highest BCUT2D eigenvalue weighted by Gasteiger charge is 2.48. The van der Waals surface area contributed by atoms with Crippen molar-refractivity contribution in [2.75, 3.05) is 0 Å². The fraction of sp³-hybridized carbons (Fsp3) is 0.222. The second-order valence-corrected chi connectivity index (χ2v) is 6.27. The molecule has 0 bridgehead atoms. The predicted molar refractivity (Wildman–Crippen MR) is 92.6 cm³/mol. The van der Waals surface area contributed by atoms with Crippen LogP contribution in [-0.4, -0.2) is 28.4 Å². The number of nitrogens with zero attached hydrogens (tertiary/aromatic N) is 2. The van der Waals surface area contributed by atoms with E-state index in [0.29, 0.717) is 11.1 Å². The summed E-state index contributed by atoms with van der Waals surface area (Å²) in [5.74, 6) is -0.597. The molecule has 1 fully saturated rings. The van der Waals surface area contributed by atoms with Gasteiger partial charge in [0.2, 0.25) is 0 Å². The monoisotopic (exact) mass is 391 g/mol. The lowest BCUT2D eigenvalue weighted by atomic mass is 9.92. The zero-order valence-corrected chi connectivity index (χ0v) is 14.6. The quantitative estimate of drug-likeness (QED) is 0.463. The smallest absolute Gasteiger partial charge is 0.387 e. The summed E-state index contributed by atoms with van der Waals surface area (Å²) in [6.45, 7) is -1.52. The highest BCUT2D eigenvalue weighted by atomic mass is 19.3. The van der Waals surface area contributed by atoms with Crippen molar-refractivity contribution in [3.05, 3.63) is 69.8 Å². The molecule has 0 spiro atoms.